The normalized spacial score (nSPS) is 11.5. The molecule has 0 radical (unpaired) electrons. The maximum absolute atomic E-state index is 5.46. The van der Waals surface area contributed by atoms with Crippen molar-refractivity contribution < 1.29 is 9.47 Å². The van der Waals surface area contributed by atoms with Crippen molar-refractivity contribution in [3.8, 4) is 11.5 Å². The van der Waals surface area contributed by atoms with Crippen molar-refractivity contribution in [1.29, 1.82) is 0 Å². The molecule has 23 heavy (non-hydrogen) atoms. The summed E-state index contributed by atoms with van der Waals surface area (Å²) in [4.78, 5) is 0.790. The standard InChI is InChI=1S/C16H18N4O2S/c1-5-11-8-12(14(22-4)9-13(11)21-3)6-7-15-19-20-10(2)17-18-16(20)23-15/h6-9H,5H2,1-4H3/b7-6+. The van der Waals surface area contributed by atoms with Gasteiger partial charge in [0.25, 0.3) is 0 Å². The third-order valence-corrected chi connectivity index (χ3v) is 4.45. The number of ether oxygens (including phenoxy) is 2. The molecular weight excluding hydrogens is 312 g/mol. The highest BCUT2D eigenvalue weighted by molar-refractivity contribution is 7.17. The summed E-state index contributed by atoms with van der Waals surface area (Å²) >= 11 is 1.49. The maximum atomic E-state index is 5.46. The molecule has 0 saturated heterocycles. The van der Waals surface area contributed by atoms with Crippen molar-refractivity contribution in [3.63, 3.8) is 0 Å². The number of fused-ring (bicyclic) bond motifs is 1. The fourth-order valence-electron chi connectivity index (χ4n) is 2.36. The fraction of sp³-hybridized carbons (Fsp3) is 0.312. The van der Waals surface area contributed by atoms with Crippen LogP contribution in [0.5, 0.6) is 11.5 Å². The molecule has 0 aliphatic heterocycles. The summed E-state index contributed by atoms with van der Waals surface area (Å²) in [7, 11) is 3.33. The molecule has 120 valence electrons. The van der Waals surface area contributed by atoms with Gasteiger partial charge in [0.15, 0.2) is 5.82 Å². The van der Waals surface area contributed by atoms with E-state index in [-0.39, 0.29) is 0 Å². The number of rotatable bonds is 5. The first-order valence-electron chi connectivity index (χ1n) is 7.28. The Morgan fingerprint density at radius 3 is 2.57 bits per heavy atom. The second kappa shape index (κ2) is 6.37. The Balaban J connectivity index is 1.97. The maximum Gasteiger partial charge on any atom is 0.234 e. The number of aromatic nitrogens is 4. The zero-order valence-corrected chi connectivity index (χ0v) is 14.3. The van der Waals surface area contributed by atoms with Crippen molar-refractivity contribution >= 4 is 28.4 Å². The highest BCUT2D eigenvalue weighted by Gasteiger charge is 2.10. The summed E-state index contributed by atoms with van der Waals surface area (Å²) in [6.45, 7) is 3.98. The van der Waals surface area contributed by atoms with Gasteiger partial charge in [-0.05, 0) is 37.1 Å². The molecule has 0 N–H and O–H groups in total. The van der Waals surface area contributed by atoms with E-state index in [0.717, 1.165) is 44.8 Å². The van der Waals surface area contributed by atoms with E-state index in [1.165, 1.54) is 11.3 Å². The predicted octanol–water partition coefficient (Wildman–Crippen LogP) is 3.24. The van der Waals surface area contributed by atoms with Crippen molar-refractivity contribution in [2.75, 3.05) is 14.2 Å². The Labute approximate surface area is 138 Å². The highest BCUT2D eigenvalue weighted by atomic mass is 32.1. The lowest BCUT2D eigenvalue weighted by Crippen LogP contribution is -1.95. The molecular formula is C16H18N4O2S. The number of nitrogens with zero attached hydrogens (tertiary/aromatic N) is 4. The van der Waals surface area contributed by atoms with E-state index < -0.39 is 0 Å². The second-order valence-electron chi connectivity index (χ2n) is 4.97. The van der Waals surface area contributed by atoms with Crippen molar-refractivity contribution in [1.82, 2.24) is 19.8 Å². The van der Waals surface area contributed by atoms with Gasteiger partial charge in [-0.2, -0.15) is 9.61 Å². The summed E-state index contributed by atoms with van der Waals surface area (Å²) in [5.41, 5.74) is 2.13. The number of methoxy groups -OCH3 is 2. The summed E-state index contributed by atoms with van der Waals surface area (Å²) in [6, 6.07) is 4.00. The average molecular weight is 330 g/mol. The minimum absolute atomic E-state index is 0.773. The summed E-state index contributed by atoms with van der Waals surface area (Å²) in [5, 5.41) is 13.4. The van der Waals surface area contributed by atoms with Crippen molar-refractivity contribution in [2.24, 2.45) is 0 Å². The molecule has 6 nitrogen and oxygen atoms in total. The van der Waals surface area contributed by atoms with Gasteiger partial charge in [0.1, 0.15) is 16.5 Å². The third kappa shape index (κ3) is 2.92. The van der Waals surface area contributed by atoms with Crippen LogP contribution in [0.15, 0.2) is 12.1 Å². The number of hydrogen-bond donors (Lipinski definition) is 0. The Kier molecular flexibility index (Phi) is 4.29. The second-order valence-corrected chi connectivity index (χ2v) is 5.96. The van der Waals surface area contributed by atoms with Crippen LogP contribution in [0.1, 0.15) is 28.9 Å². The molecule has 0 aliphatic rings. The summed E-state index contributed by atoms with van der Waals surface area (Å²) < 4.78 is 12.6. The minimum atomic E-state index is 0.773. The van der Waals surface area contributed by atoms with Crippen LogP contribution in [-0.2, 0) is 6.42 Å². The van der Waals surface area contributed by atoms with Crippen LogP contribution in [0.4, 0.5) is 0 Å². The van der Waals surface area contributed by atoms with E-state index in [0.29, 0.717) is 0 Å². The van der Waals surface area contributed by atoms with Crippen LogP contribution >= 0.6 is 11.3 Å². The smallest absolute Gasteiger partial charge is 0.234 e. The monoisotopic (exact) mass is 330 g/mol. The number of benzene rings is 1. The SMILES string of the molecule is CCc1cc(/C=C/c2nn3c(C)nnc3s2)c(OC)cc1OC. The average Bonchev–Trinajstić information content (AvgIpc) is 3.13. The first-order chi connectivity index (χ1) is 11.2. The molecule has 0 atom stereocenters. The van der Waals surface area contributed by atoms with Gasteiger partial charge >= 0.3 is 0 Å². The largest absolute Gasteiger partial charge is 0.496 e. The van der Waals surface area contributed by atoms with E-state index in [2.05, 4.69) is 28.3 Å². The molecule has 7 heteroatoms. The quantitative estimate of drug-likeness (QED) is 0.718. The van der Waals surface area contributed by atoms with Crippen molar-refractivity contribution in [3.05, 3.63) is 34.1 Å². The lowest BCUT2D eigenvalue weighted by atomic mass is 10.1. The van der Waals surface area contributed by atoms with Gasteiger partial charge in [0.2, 0.25) is 4.96 Å². The molecule has 0 unspecified atom stereocenters. The van der Waals surface area contributed by atoms with Gasteiger partial charge in [-0.15, -0.1) is 10.2 Å². The molecule has 3 aromatic rings. The molecule has 0 bridgehead atoms. The molecule has 0 fully saturated rings. The molecule has 0 aliphatic carbocycles. The zero-order chi connectivity index (χ0) is 16.4. The first-order valence-corrected chi connectivity index (χ1v) is 8.09. The van der Waals surface area contributed by atoms with Crippen LogP contribution in [0, 0.1) is 6.92 Å². The Bertz CT molecular complexity index is 866. The first kappa shape index (κ1) is 15.5. The Morgan fingerprint density at radius 1 is 1.13 bits per heavy atom. The van der Waals surface area contributed by atoms with Gasteiger partial charge in [0, 0.05) is 11.6 Å². The topological polar surface area (TPSA) is 61.5 Å². The van der Waals surface area contributed by atoms with Gasteiger partial charge < -0.3 is 9.47 Å². The molecule has 0 spiro atoms. The summed E-state index contributed by atoms with van der Waals surface area (Å²) in [6.07, 6.45) is 4.85. The van der Waals surface area contributed by atoms with E-state index >= 15 is 0 Å². The van der Waals surface area contributed by atoms with Crippen LogP contribution in [0.3, 0.4) is 0 Å². The number of hydrogen-bond acceptors (Lipinski definition) is 6. The van der Waals surface area contributed by atoms with E-state index in [1.807, 2.05) is 25.1 Å². The lowest BCUT2D eigenvalue weighted by molar-refractivity contribution is 0.391. The predicted molar refractivity (Wildman–Crippen MR) is 91.2 cm³/mol. The van der Waals surface area contributed by atoms with Crippen LogP contribution < -0.4 is 9.47 Å². The van der Waals surface area contributed by atoms with Crippen LogP contribution in [-0.4, -0.2) is 34.0 Å². The summed E-state index contributed by atoms with van der Waals surface area (Å²) in [5.74, 6) is 2.40. The highest BCUT2D eigenvalue weighted by Crippen LogP contribution is 2.31. The van der Waals surface area contributed by atoms with E-state index in [1.54, 1.807) is 18.7 Å². The van der Waals surface area contributed by atoms with Gasteiger partial charge in [-0.1, -0.05) is 18.3 Å². The molecule has 3 rings (SSSR count). The number of aryl methyl sites for hydroxylation is 2. The van der Waals surface area contributed by atoms with E-state index in [4.69, 9.17) is 9.47 Å². The third-order valence-electron chi connectivity index (χ3n) is 3.58. The molecule has 2 aromatic heterocycles. The van der Waals surface area contributed by atoms with Gasteiger partial charge in [-0.25, -0.2) is 0 Å². The lowest BCUT2D eigenvalue weighted by Gasteiger charge is -2.12. The molecule has 0 amide bonds. The van der Waals surface area contributed by atoms with Crippen molar-refractivity contribution in [2.45, 2.75) is 20.3 Å². The van der Waals surface area contributed by atoms with Gasteiger partial charge in [-0.3, -0.25) is 0 Å². The van der Waals surface area contributed by atoms with E-state index in [9.17, 15) is 0 Å². The van der Waals surface area contributed by atoms with Crippen LogP contribution in [0.25, 0.3) is 17.1 Å². The Morgan fingerprint density at radius 2 is 1.91 bits per heavy atom. The molecule has 1 aromatic carbocycles. The van der Waals surface area contributed by atoms with Gasteiger partial charge in [0.05, 0.1) is 14.2 Å². The fourth-order valence-corrected chi connectivity index (χ4v) is 3.14. The molecule has 0 saturated carbocycles. The zero-order valence-electron chi connectivity index (χ0n) is 13.5. The van der Waals surface area contributed by atoms with Crippen LogP contribution in [0.2, 0.25) is 0 Å². The minimum Gasteiger partial charge on any atom is -0.496 e. The Hall–Kier alpha value is -2.41. The molecule has 2 heterocycles.